The van der Waals surface area contributed by atoms with Crippen LogP contribution < -0.4 is 0 Å². The van der Waals surface area contributed by atoms with Gasteiger partial charge in [-0.15, -0.1) is 0 Å². The van der Waals surface area contributed by atoms with E-state index in [1.165, 1.54) is 0 Å². The second-order valence-electron chi connectivity index (χ2n) is 4.19. The van der Waals surface area contributed by atoms with E-state index in [4.69, 9.17) is 0 Å². The standard InChI is InChI=1S/C12H16BrNO2S2/c1-2-10-9-14(7-8-17-10)18(15,16)12-6-4-3-5-11(12)13/h3-6,10H,2,7-9H2,1H3. The number of thioether (sulfide) groups is 1. The summed E-state index contributed by atoms with van der Waals surface area (Å²) in [5.41, 5.74) is 0. The number of halogens is 1. The Balaban J connectivity index is 2.29. The summed E-state index contributed by atoms with van der Waals surface area (Å²) in [6.45, 7) is 3.32. The highest BCUT2D eigenvalue weighted by Crippen LogP contribution is 2.29. The lowest BCUT2D eigenvalue weighted by Gasteiger charge is -2.31. The molecular formula is C12H16BrNO2S2. The van der Waals surface area contributed by atoms with E-state index in [1.807, 2.05) is 17.8 Å². The Bertz CT molecular complexity index is 519. The molecule has 1 aromatic carbocycles. The van der Waals surface area contributed by atoms with Gasteiger partial charge in [-0.1, -0.05) is 19.1 Å². The van der Waals surface area contributed by atoms with Crippen molar-refractivity contribution in [2.24, 2.45) is 0 Å². The Morgan fingerprint density at radius 2 is 2.17 bits per heavy atom. The molecule has 1 heterocycles. The fraction of sp³-hybridized carbons (Fsp3) is 0.500. The van der Waals surface area contributed by atoms with E-state index in [0.717, 1.165) is 12.2 Å². The maximum atomic E-state index is 12.6. The minimum Gasteiger partial charge on any atom is -0.207 e. The zero-order chi connectivity index (χ0) is 13.2. The molecule has 1 atom stereocenters. The lowest BCUT2D eigenvalue weighted by atomic mass is 10.3. The van der Waals surface area contributed by atoms with Crippen molar-refractivity contribution in [3.8, 4) is 0 Å². The molecular weight excluding hydrogens is 334 g/mol. The largest absolute Gasteiger partial charge is 0.244 e. The Hall–Kier alpha value is -0.0400. The van der Waals surface area contributed by atoms with Crippen LogP contribution in [0.2, 0.25) is 0 Å². The minimum absolute atomic E-state index is 0.367. The molecule has 0 spiro atoms. The highest BCUT2D eigenvalue weighted by molar-refractivity contribution is 9.10. The van der Waals surface area contributed by atoms with Gasteiger partial charge in [0.2, 0.25) is 10.0 Å². The third kappa shape index (κ3) is 2.92. The van der Waals surface area contributed by atoms with Crippen LogP contribution in [0.15, 0.2) is 33.6 Å². The molecule has 6 heteroatoms. The molecule has 1 aliphatic heterocycles. The molecule has 0 aromatic heterocycles. The monoisotopic (exact) mass is 349 g/mol. The van der Waals surface area contributed by atoms with Crippen molar-refractivity contribution in [1.82, 2.24) is 4.31 Å². The molecule has 18 heavy (non-hydrogen) atoms. The van der Waals surface area contributed by atoms with Crippen molar-refractivity contribution in [3.63, 3.8) is 0 Å². The number of sulfonamides is 1. The van der Waals surface area contributed by atoms with Crippen molar-refractivity contribution in [2.75, 3.05) is 18.8 Å². The first-order chi connectivity index (χ1) is 8.55. The molecule has 1 saturated heterocycles. The predicted octanol–water partition coefficient (Wildman–Crippen LogP) is 2.97. The van der Waals surface area contributed by atoms with Gasteiger partial charge in [0.05, 0.1) is 4.90 Å². The summed E-state index contributed by atoms with van der Waals surface area (Å²) in [4.78, 5) is 0.367. The summed E-state index contributed by atoms with van der Waals surface area (Å²) in [5.74, 6) is 0.877. The summed E-state index contributed by atoms with van der Waals surface area (Å²) >= 11 is 5.18. The van der Waals surface area contributed by atoms with Gasteiger partial charge in [0.25, 0.3) is 0 Å². The van der Waals surface area contributed by atoms with E-state index in [-0.39, 0.29) is 0 Å². The fourth-order valence-corrected chi connectivity index (χ4v) is 5.79. The normalized spacial score (nSPS) is 22.0. The quantitative estimate of drug-likeness (QED) is 0.841. The van der Waals surface area contributed by atoms with Crippen molar-refractivity contribution in [3.05, 3.63) is 28.7 Å². The highest BCUT2D eigenvalue weighted by Gasteiger charge is 2.30. The lowest BCUT2D eigenvalue weighted by molar-refractivity contribution is 0.415. The molecule has 1 aromatic rings. The molecule has 0 saturated carbocycles. The number of benzene rings is 1. The first kappa shape index (κ1) is 14.4. The van der Waals surface area contributed by atoms with Gasteiger partial charge in [0.1, 0.15) is 0 Å². The Labute approximate surface area is 121 Å². The fourth-order valence-electron chi connectivity index (χ4n) is 1.95. The zero-order valence-corrected chi connectivity index (χ0v) is 13.4. The maximum Gasteiger partial charge on any atom is 0.244 e. The molecule has 0 amide bonds. The molecule has 100 valence electrons. The summed E-state index contributed by atoms with van der Waals surface area (Å²) in [6, 6.07) is 7.00. The smallest absolute Gasteiger partial charge is 0.207 e. The van der Waals surface area contributed by atoms with Crippen LogP contribution in [0.25, 0.3) is 0 Å². The molecule has 1 fully saturated rings. The van der Waals surface area contributed by atoms with Crippen LogP contribution >= 0.6 is 27.7 Å². The van der Waals surface area contributed by atoms with Crippen LogP contribution in [-0.4, -0.2) is 36.8 Å². The van der Waals surface area contributed by atoms with Crippen LogP contribution in [0.1, 0.15) is 13.3 Å². The summed E-state index contributed by atoms with van der Waals surface area (Å²) in [7, 11) is -3.36. The number of rotatable bonds is 3. The van der Waals surface area contributed by atoms with E-state index in [1.54, 1.807) is 22.5 Å². The summed E-state index contributed by atoms with van der Waals surface area (Å²) in [6.07, 6.45) is 1.01. The number of nitrogens with zero attached hydrogens (tertiary/aromatic N) is 1. The highest BCUT2D eigenvalue weighted by atomic mass is 79.9. The Morgan fingerprint density at radius 1 is 1.44 bits per heavy atom. The number of hydrogen-bond donors (Lipinski definition) is 0. The van der Waals surface area contributed by atoms with Crippen LogP contribution in [-0.2, 0) is 10.0 Å². The second-order valence-corrected chi connectivity index (χ2v) is 8.36. The Morgan fingerprint density at radius 3 is 2.83 bits per heavy atom. The molecule has 3 nitrogen and oxygen atoms in total. The van der Waals surface area contributed by atoms with Gasteiger partial charge in [0, 0.05) is 28.6 Å². The summed E-state index contributed by atoms with van der Waals surface area (Å²) in [5, 5.41) is 0.413. The second kappa shape index (κ2) is 5.94. The van der Waals surface area contributed by atoms with Gasteiger partial charge in [-0.25, -0.2) is 8.42 Å². The van der Waals surface area contributed by atoms with E-state index in [9.17, 15) is 8.42 Å². The maximum absolute atomic E-state index is 12.6. The third-order valence-electron chi connectivity index (χ3n) is 3.01. The molecule has 0 N–H and O–H groups in total. The first-order valence-electron chi connectivity index (χ1n) is 5.92. The SMILES string of the molecule is CCC1CN(S(=O)(=O)c2ccccc2Br)CCS1. The lowest BCUT2D eigenvalue weighted by Crippen LogP contribution is -2.41. The first-order valence-corrected chi connectivity index (χ1v) is 9.20. The van der Waals surface area contributed by atoms with Gasteiger partial charge in [-0.2, -0.15) is 16.1 Å². The van der Waals surface area contributed by atoms with Crippen molar-refractivity contribution >= 4 is 37.7 Å². The van der Waals surface area contributed by atoms with Crippen molar-refractivity contribution in [2.45, 2.75) is 23.5 Å². The third-order valence-corrected chi connectivity index (χ3v) is 7.26. The average Bonchev–Trinajstić information content (AvgIpc) is 2.39. The van der Waals surface area contributed by atoms with Gasteiger partial charge < -0.3 is 0 Å². The van der Waals surface area contributed by atoms with Gasteiger partial charge in [-0.3, -0.25) is 0 Å². The van der Waals surface area contributed by atoms with Gasteiger partial charge >= 0.3 is 0 Å². The minimum atomic E-state index is -3.36. The van der Waals surface area contributed by atoms with Crippen molar-refractivity contribution < 1.29 is 8.42 Å². The topological polar surface area (TPSA) is 37.4 Å². The predicted molar refractivity (Wildman–Crippen MR) is 79.4 cm³/mol. The zero-order valence-electron chi connectivity index (χ0n) is 10.2. The average molecular weight is 350 g/mol. The van der Waals surface area contributed by atoms with E-state index in [2.05, 4.69) is 22.9 Å². The molecule has 0 aliphatic carbocycles. The van der Waals surface area contributed by atoms with Gasteiger partial charge in [0.15, 0.2) is 0 Å². The van der Waals surface area contributed by atoms with Crippen molar-refractivity contribution in [1.29, 1.82) is 0 Å². The summed E-state index contributed by atoms with van der Waals surface area (Å²) < 4.78 is 27.4. The van der Waals surface area contributed by atoms with Crippen LogP contribution in [0.3, 0.4) is 0 Å². The Kier molecular flexibility index (Phi) is 4.75. The van der Waals surface area contributed by atoms with Crippen LogP contribution in [0, 0.1) is 0 Å². The van der Waals surface area contributed by atoms with Crippen LogP contribution in [0.4, 0.5) is 0 Å². The van der Waals surface area contributed by atoms with E-state index in [0.29, 0.717) is 27.7 Å². The van der Waals surface area contributed by atoms with E-state index < -0.39 is 10.0 Å². The molecule has 1 aliphatic rings. The van der Waals surface area contributed by atoms with Gasteiger partial charge in [-0.05, 0) is 34.5 Å². The molecule has 1 unspecified atom stereocenters. The molecule has 0 bridgehead atoms. The number of hydrogen-bond acceptors (Lipinski definition) is 3. The van der Waals surface area contributed by atoms with Crippen LogP contribution in [0.5, 0.6) is 0 Å². The molecule has 0 radical (unpaired) electrons. The van der Waals surface area contributed by atoms with E-state index >= 15 is 0 Å². The molecule has 2 rings (SSSR count).